The van der Waals surface area contributed by atoms with E-state index in [0.717, 1.165) is 17.3 Å². The molecule has 8 heteroatoms. The molecule has 0 saturated heterocycles. The lowest BCUT2D eigenvalue weighted by atomic mass is 10.2. The van der Waals surface area contributed by atoms with Crippen LogP contribution < -0.4 is 5.32 Å². The molecule has 28 heavy (non-hydrogen) atoms. The third-order valence-electron chi connectivity index (χ3n) is 4.49. The summed E-state index contributed by atoms with van der Waals surface area (Å²) in [5.74, 6) is -0.292. The van der Waals surface area contributed by atoms with Crippen molar-refractivity contribution in [2.24, 2.45) is 0 Å². The monoisotopic (exact) mass is 463 g/mol. The number of carbonyl (C=O) groups is 1. The van der Waals surface area contributed by atoms with E-state index in [-0.39, 0.29) is 10.8 Å². The molecule has 3 aromatic rings. The highest BCUT2D eigenvalue weighted by atomic mass is 79.9. The molecule has 1 aromatic heterocycles. The van der Waals surface area contributed by atoms with Gasteiger partial charge in [-0.15, -0.1) is 0 Å². The minimum atomic E-state index is -3.64. The van der Waals surface area contributed by atoms with Crippen LogP contribution in [0, 0.1) is 0 Å². The second kappa shape index (κ2) is 8.46. The van der Waals surface area contributed by atoms with Crippen molar-refractivity contribution in [1.29, 1.82) is 0 Å². The molecule has 1 amide bonds. The first kappa shape index (κ1) is 20.6. The summed E-state index contributed by atoms with van der Waals surface area (Å²) in [6.07, 6.45) is 2.81. The molecule has 2 aromatic carbocycles. The largest absolute Gasteiger partial charge is 0.352 e. The molecule has 0 aliphatic carbocycles. The number of nitrogens with one attached hydrogen (secondary N) is 1. The first-order chi connectivity index (χ1) is 13.3. The van der Waals surface area contributed by atoms with Crippen molar-refractivity contribution in [3.05, 3.63) is 64.8 Å². The van der Waals surface area contributed by atoms with Crippen molar-refractivity contribution in [2.45, 2.75) is 17.9 Å². The van der Waals surface area contributed by atoms with E-state index >= 15 is 0 Å². The summed E-state index contributed by atoms with van der Waals surface area (Å²) in [7, 11) is -0.720. The number of fused-ring (bicyclic) bond motifs is 1. The fourth-order valence-corrected chi connectivity index (χ4v) is 4.77. The van der Waals surface area contributed by atoms with Crippen molar-refractivity contribution < 1.29 is 13.2 Å². The van der Waals surface area contributed by atoms with Crippen molar-refractivity contribution in [3.63, 3.8) is 0 Å². The van der Waals surface area contributed by atoms with E-state index in [4.69, 9.17) is 0 Å². The summed E-state index contributed by atoms with van der Waals surface area (Å²) in [6, 6.07) is 14.8. The number of carbonyl (C=O) groups excluding carboxylic acids is 1. The number of benzene rings is 2. The lowest BCUT2D eigenvalue weighted by molar-refractivity contribution is 0.0952. The Balaban J connectivity index is 1.62. The van der Waals surface area contributed by atoms with Gasteiger partial charge in [-0.1, -0.05) is 18.2 Å². The zero-order valence-electron chi connectivity index (χ0n) is 15.7. The Kier molecular flexibility index (Phi) is 6.22. The smallest absolute Gasteiger partial charge is 0.251 e. The van der Waals surface area contributed by atoms with Crippen LogP contribution in [0.5, 0.6) is 0 Å². The quantitative estimate of drug-likeness (QED) is 0.545. The summed E-state index contributed by atoms with van der Waals surface area (Å²) < 4.78 is 28.5. The van der Waals surface area contributed by atoms with Gasteiger partial charge in [0.15, 0.2) is 0 Å². The average molecular weight is 464 g/mol. The Hall–Kier alpha value is -2.16. The van der Waals surface area contributed by atoms with Crippen molar-refractivity contribution >= 4 is 42.8 Å². The number of aryl methyl sites for hydroxylation is 1. The number of halogens is 1. The molecule has 0 saturated carbocycles. The van der Waals surface area contributed by atoms with Crippen LogP contribution in [0.25, 0.3) is 10.9 Å². The van der Waals surface area contributed by atoms with Crippen molar-refractivity contribution in [3.8, 4) is 0 Å². The van der Waals surface area contributed by atoms with E-state index in [2.05, 4.69) is 44.0 Å². The third-order valence-corrected chi connectivity index (χ3v) is 7.30. The number of amides is 1. The van der Waals surface area contributed by atoms with Gasteiger partial charge in [0.1, 0.15) is 0 Å². The number of hydrogen-bond donors (Lipinski definition) is 1. The van der Waals surface area contributed by atoms with Crippen molar-refractivity contribution in [2.75, 3.05) is 20.6 Å². The second-order valence-electron chi connectivity index (χ2n) is 6.61. The Labute approximate surface area is 173 Å². The molecule has 0 spiro atoms. The molecule has 0 radical (unpaired) electrons. The SMILES string of the molecule is CN(C)S(=O)(=O)c1cc(C(=O)NCCCn2ccc3ccccc32)ccc1Br. The summed E-state index contributed by atoms with van der Waals surface area (Å²) in [5, 5.41) is 4.05. The topological polar surface area (TPSA) is 71.4 Å². The molecule has 1 heterocycles. The predicted molar refractivity (Wildman–Crippen MR) is 114 cm³/mol. The molecular weight excluding hydrogens is 442 g/mol. The van der Waals surface area contributed by atoms with Gasteiger partial charge in [-0.2, -0.15) is 0 Å². The molecule has 0 aliphatic rings. The van der Waals surface area contributed by atoms with Gasteiger partial charge < -0.3 is 9.88 Å². The van der Waals surface area contributed by atoms with Crippen LogP contribution in [0.3, 0.4) is 0 Å². The Morgan fingerprint density at radius 3 is 2.64 bits per heavy atom. The zero-order valence-corrected chi connectivity index (χ0v) is 18.1. The second-order valence-corrected chi connectivity index (χ2v) is 9.58. The molecule has 0 unspecified atom stereocenters. The first-order valence-corrected chi connectivity index (χ1v) is 11.1. The minimum absolute atomic E-state index is 0.0731. The lowest BCUT2D eigenvalue weighted by Crippen LogP contribution is -2.26. The van der Waals surface area contributed by atoms with Gasteiger partial charge in [-0.25, -0.2) is 12.7 Å². The Morgan fingerprint density at radius 2 is 1.89 bits per heavy atom. The van der Waals surface area contributed by atoms with Crippen LogP contribution in [-0.2, 0) is 16.6 Å². The Morgan fingerprint density at radius 1 is 1.14 bits per heavy atom. The molecule has 148 valence electrons. The van der Waals surface area contributed by atoms with Crippen LogP contribution in [-0.4, -0.2) is 43.8 Å². The van der Waals surface area contributed by atoms with Gasteiger partial charge >= 0.3 is 0 Å². The molecule has 0 atom stereocenters. The number of rotatable bonds is 7. The predicted octanol–water partition coefficient (Wildman–Crippen LogP) is 3.47. The van der Waals surface area contributed by atoms with Gasteiger partial charge in [-0.3, -0.25) is 4.79 Å². The fraction of sp³-hybridized carbons (Fsp3) is 0.250. The number of aromatic nitrogens is 1. The molecule has 0 aliphatic heterocycles. The van der Waals surface area contributed by atoms with Gasteiger partial charge in [-0.05, 0) is 58.1 Å². The number of para-hydroxylation sites is 1. The highest BCUT2D eigenvalue weighted by molar-refractivity contribution is 9.10. The molecule has 3 rings (SSSR count). The van der Waals surface area contributed by atoms with Crippen LogP contribution in [0.15, 0.2) is 64.1 Å². The number of sulfonamides is 1. The maximum atomic E-state index is 12.4. The molecule has 6 nitrogen and oxygen atoms in total. The van der Waals surface area contributed by atoms with E-state index in [1.807, 2.05) is 18.3 Å². The summed E-state index contributed by atoms with van der Waals surface area (Å²) in [6.45, 7) is 1.28. The lowest BCUT2D eigenvalue weighted by Gasteiger charge is -2.14. The maximum Gasteiger partial charge on any atom is 0.251 e. The minimum Gasteiger partial charge on any atom is -0.352 e. The van der Waals surface area contributed by atoms with Gasteiger partial charge in [0.2, 0.25) is 10.0 Å². The average Bonchev–Trinajstić information content (AvgIpc) is 3.08. The van der Waals surface area contributed by atoms with Crippen LogP contribution >= 0.6 is 15.9 Å². The molecule has 0 bridgehead atoms. The Bertz CT molecular complexity index is 1110. The first-order valence-electron chi connectivity index (χ1n) is 8.85. The standard InChI is InChI=1S/C20H22BrN3O3S/c1-23(2)28(26,27)19-14-16(8-9-17(19)21)20(25)22-11-5-12-24-13-10-15-6-3-4-7-18(15)24/h3-4,6-10,13-14H,5,11-12H2,1-2H3,(H,22,25). The van der Waals surface area contributed by atoms with Crippen LogP contribution in [0.1, 0.15) is 16.8 Å². The zero-order chi connectivity index (χ0) is 20.3. The summed E-state index contributed by atoms with van der Waals surface area (Å²) >= 11 is 3.25. The van der Waals surface area contributed by atoms with Crippen LogP contribution in [0.2, 0.25) is 0 Å². The molecular formula is C20H22BrN3O3S. The number of hydrogen-bond acceptors (Lipinski definition) is 3. The van der Waals surface area contributed by atoms with E-state index in [9.17, 15) is 13.2 Å². The highest BCUT2D eigenvalue weighted by Gasteiger charge is 2.22. The third kappa shape index (κ3) is 4.29. The number of nitrogens with zero attached hydrogens (tertiary/aromatic N) is 2. The van der Waals surface area contributed by atoms with E-state index < -0.39 is 10.0 Å². The molecule has 0 fully saturated rings. The van der Waals surface area contributed by atoms with Gasteiger partial charge in [0.25, 0.3) is 5.91 Å². The fourth-order valence-electron chi connectivity index (χ4n) is 2.93. The van der Waals surface area contributed by atoms with Crippen LogP contribution in [0.4, 0.5) is 0 Å². The summed E-state index contributed by atoms with van der Waals surface area (Å²) in [4.78, 5) is 12.5. The van der Waals surface area contributed by atoms with E-state index in [1.54, 1.807) is 12.1 Å². The normalized spacial score (nSPS) is 11.9. The highest BCUT2D eigenvalue weighted by Crippen LogP contribution is 2.25. The maximum absolute atomic E-state index is 12.4. The van der Waals surface area contributed by atoms with Gasteiger partial charge in [0.05, 0.1) is 4.90 Å². The molecule has 1 N–H and O–H groups in total. The van der Waals surface area contributed by atoms with Crippen molar-refractivity contribution in [1.82, 2.24) is 14.2 Å². The van der Waals surface area contributed by atoms with E-state index in [1.165, 1.54) is 31.1 Å². The van der Waals surface area contributed by atoms with Gasteiger partial charge in [0, 0.05) is 48.9 Å². The van der Waals surface area contributed by atoms with E-state index in [0.29, 0.717) is 16.6 Å². The summed E-state index contributed by atoms with van der Waals surface area (Å²) in [5.41, 5.74) is 1.48.